The molecule has 0 radical (unpaired) electrons. The lowest BCUT2D eigenvalue weighted by Crippen LogP contribution is -2.28. The summed E-state index contributed by atoms with van der Waals surface area (Å²) in [5.74, 6) is 0.103. The lowest BCUT2D eigenvalue weighted by Gasteiger charge is -2.04. The molecular formula is C9H20N2O2. The van der Waals surface area contributed by atoms with Crippen LogP contribution in [0.2, 0.25) is 0 Å². The zero-order valence-electron chi connectivity index (χ0n) is 8.56. The summed E-state index contributed by atoms with van der Waals surface area (Å²) in [6.45, 7) is 7.59. The Labute approximate surface area is 80.0 Å². The molecule has 1 amide bonds. The minimum Gasteiger partial charge on any atom is -0.380 e. The molecule has 0 fully saturated rings. The summed E-state index contributed by atoms with van der Waals surface area (Å²) in [5, 5.41) is 5.86. The minimum absolute atomic E-state index is 0.103. The predicted octanol–water partition coefficient (Wildman–Crippen LogP) is 0.139. The monoisotopic (exact) mass is 188 g/mol. The Morgan fingerprint density at radius 1 is 1.31 bits per heavy atom. The van der Waals surface area contributed by atoms with Crippen LogP contribution >= 0.6 is 0 Å². The number of nitrogens with one attached hydrogen (secondary N) is 2. The van der Waals surface area contributed by atoms with Crippen molar-refractivity contribution in [3.05, 3.63) is 0 Å². The Morgan fingerprint density at radius 2 is 2.08 bits per heavy atom. The summed E-state index contributed by atoms with van der Waals surface area (Å²) < 4.78 is 5.12. The van der Waals surface area contributed by atoms with Gasteiger partial charge in [-0.2, -0.15) is 0 Å². The predicted molar refractivity (Wildman–Crippen MR) is 52.7 cm³/mol. The number of hydrogen-bond acceptors (Lipinski definition) is 3. The van der Waals surface area contributed by atoms with Gasteiger partial charge in [-0.25, -0.2) is 0 Å². The lowest BCUT2D eigenvalue weighted by atomic mass is 10.4. The highest BCUT2D eigenvalue weighted by atomic mass is 16.5. The second kappa shape index (κ2) is 9.48. The molecule has 2 N–H and O–H groups in total. The summed E-state index contributed by atoms with van der Waals surface area (Å²) >= 11 is 0. The zero-order valence-corrected chi connectivity index (χ0v) is 8.56. The molecule has 0 aliphatic carbocycles. The van der Waals surface area contributed by atoms with Crippen molar-refractivity contribution in [2.75, 3.05) is 32.8 Å². The van der Waals surface area contributed by atoms with Crippen molar-refractivity contribution in [3.63, 3.8) is 0 Å². The van der Waals surface area contributed by atoms with Gasteiger partial charge in [0.2, 0.25) is 5.91 Å². The van der Waals surface area contributed by atoms with E-state index in [9.17, 15) is 4.79 Å². The molecule has 0 saturated carbocycles. The Morgan fingerprint density at radius 3 is 2.69 bits per heavy atom. The van der Waals surface area contributed by atoms with Crippen LogP contribution in [0.3, 0.4) is 0 Å². The summed E-state index contributed by atoms with van der Waals surface area (Å²) in [6, 6.07) is 0. The van der Waals surface area contributed by atoms with E-state index in [-0.39, 0.29) is 5.91 Å². The van der Waals surface area contributed by atoms with Gasteiger partial charge in [-0.05, 0) is 13.8 Å². The first-order chi connectivity index (χ1) is 6.31. The molecule has 0 saturated heterocycles. The lowest BCUT2D eigenvalue weighted by molar-refractivity contribution is -0.120. The van der Waals surface area contributed by atoms with Crippen LogP contribution in [0.1, 0.15) is 20.3 Å². The quantitative estimate of drug-likeness (QED) is 0.533. The first kappa shape index (κ1) is 12.4. The minimum atomic E-state index is 0.103. The molecular weight excluding hydrogens is 168 g/mol. The van der Waals surface area contributed by atoms with E-state index in [1.807, 2.05) is 13.8 Å². The van der Waals surface area contributed by atoms with Gasteiger partial charge in [-0.1, -0.05) is 0 Å². The maximum atomic E-state index is 10.9. The van der Waals surface area contributed by atoms with Crippen LogP contribution in [0.15, 0.2) is 0 Å². The Bertz CT molecular complexity index is 129. The smallest absolute Gasteiger partial charge is 0.221 e. The van der Waals surface area contributed by atoms with Crippen LogP contribution in [0.5, 0.6) is 0 Å². The molecule has 0 aliphatic heterocycles. The van der Waals surface area contributed by atoms with Crippen LogP contribution < -0.4 is 10.6 Å². The van der Waals surface area contributed by atoms with Gasteiger partial charge in [0.05, 0.1) is 6.61 Å². The highest BCUT2D eigenvalue weighted by molar-refractivity contribution is 5.75. The molecule has 0 aromatic rings. The van der Waals surface area contributed by atoms with E-state index < -0.39 is 0 Å². The average molecular weight is 188 g/mol. The maximum absolute atomic E-state index is 10.9. The Hall–Kier alpha value is -0.610. The summed E-state index contributed by atoms with van der Waals surface area (Å²) in [6.07, 6.45) is 0.542. The van der Waals surface area contributed by atoms with E-state index in [0.29, 0.717) is 19.6 Å². The summed E-state index contributed by atoms with van der Waals surface area (Å²) in [7, 11) is 0. The van der Waals surface area contributed by atoms with E-state index in [4.69, 9.17) is 4.74 Å². The second-order valence-electron chi connectivity index (χ2n) is 2.65. The van der Waals surface area contributed by atoms with Crippen LogP contribution in [-0.4, -0.2) is 38.8 Å². The molecule has 0 atom stereocenters. The van der Waals surface area contributed by atoms with Crippen molar-refractivity contribution < 1.29 is 9.53 Å². The normalized spacial score (nSPS) is 10.0. The number of ether oxygens (including phenoxy) is 1. The molecule has 0 rings (SSSR count). The van der Waals surface area contributed by atoms with Gasteiger partial charge in [0.25, 0.3) is 0 Å². The molecule has 0 aliphatic rings. The fourth-order valence-electron chi connectivity index (χ4n) is 0.901. The van der Waals surface area contributed by atoms with Crippen LogP contribution in [-0.2, 0) is 9.53 Å². The molecule has 13 heavy (non-hydrogen) atoms. The van der Waals surface area contributed by atoms with Crippen molar-refractivity contribution in [1.29, 1.82) is 0 Å². The third kappa shape index (κ3) is 9.30. The molecule has 4 heteroatoms. The zero-order chi connectivity index (χ0) is 9.94. The Kier molecular flexibility index (Phi) is 9.03. The number of hydrogen-bond donors (Lipinski definition) is 2. The fourth-order valence-corrected chi connectivity index (χ4v) is 0.901. The van der Waals surface area contributed by atoms with Gasteiger partial charge in [0.1, 0.15) is 0 Å². The van der Waals surface area contributed by atoms with Gasteiger partial charge < -0.3 is 15.4 Å². The largest absolute Gasteiger partial charge is 0.380 e. The molecule has 0 bridgehead atoms. The van der Waals surface area contributed by atoms with E-state index in [1.165, 1.54) is 0 Å². The average Bonchev–Trinajstić information content (AvgIpc) is 2.11. The van der Waals surface area contributed by atoms with Crippen LogP contribution in [0.25, 0.3) is 0 Å². The van der Waals surface area contributed by atoms with Crippen LogP contribution in [0.4, 0.5) is 0 Å². The highest BCUT2D eigenvalue weighted by Gasteiger charge is 1.96. The number of amides is 1. The van der Waals surface area contributed by atoms with Gasteiger partial charge in [0.15, 0.2) is 0 Å². The maximum Gasteiger partial charge on any atom is 0.221 e. The van der Waals surface area contributed by atoms with E-state index in [0.717, 1.165) is 19.7 Å². The third-order valence-corrected chi connectivity index (χ3v) is 1.53. The molecule has 4 nitrogen and oxygen atoms in total. The highest BCUT2D eigenvalue weighted by Crippen LogP contribution is 1.77. The van der Waals surface area contributed by atoms with Crippen LogP contribution in [0, 0.1) is 0 Å². The van der Waals surface area contributed by atoms with Crippen molar-refractivity contribution in [2.24, 2.45) is 0 Å². The van der Waals surface area contributed by atoms with Crippen molar-refractivity contribution in [1.82, 2.24) is 10.6 Å². The number of carbonyl (C=O) groups is 1. The van der Waals surface area contributed by atoms with E-state index in [2.05, 4.69) is 10.6 Å². The van der Waals surface area contributed by atoms with E-state index >= 15 is 0 Å². The topological polar surface area (TPSA) is 50.4 Å². The first-order valence-corrected chi connectivity index (χ1v) is 4.86. The third-order valence-electron chi connectivity index (χ3n) is 1.53. The molecule has 0 aromatic heterocycles. The number of rotatable bonds is 8. The molecule has 0 heterocycles. The van der Waals surface area contributed by atoms with E-state index in [1.54, 1.807) is 0 Å². The van der Waals surface area contributed by atoms with Crippen molar-refractivity contribution in [3.8, 4) is 0 Å². The Balaban J connectivity index is 3.02. The van der Waals surface area contributed by atoms with Crippen molar-refractivity contribution >= 4 is 5.91 Å². The molecule has 0 unspecified atom stereocenters. The SMILES string of the molecule is CCNC(=O)CCNCCOCC. The molecule has 0 spiro atoms. The van der Waals surface area contributed by atoms with Gasteiger partial charge in [-0.3, -0.25) is 4.79 Å². The summed E-state index contributed by atoms with van der Waals surface area (Å²) in [5.41, 5.74) is 0. The van der Waals surface area contributed by atoms with Gasteiger partial charge in [0, 0.05) is 32.7 Å². The second-order valence-corrected chi connectivity index (χ2v) is 2.65. The standard InChI is InChI=1S/C9H20N2O2/c1-3-11-9(12)5-6-10-7-8-13-4-2/h10H,3-8H2,1-2H3,(H,11,12). The first-order valence-electron chi connectivity index (χ1n) is 4.86. The number of carbonyl (C=O) groups excluding carboxylic acids is 1. The van der Waals surface area contributed by atoms with Crippen molar-refractivity contribution in [2.45, 2.75) is 20.3 Å². The fraction of sp³-hybridized carbons (Fsp3) is 0.889. The van der Waals surface area contributed by atoms with Gasteiger partial charge >= 0.3 is 0 Å². The molecule has 78 valence electrons. The summed E-state index contributed by atoms with van der Waals surface area (Å²) in [4.78, 5) is 10.9. The van der Waals surface area contributed by atoms with Gasteiger partial charge in [-0.15, -0.1) is 0 Å². The molecule has 0 aromatic carbocycles.